The lowest BCUT2D eigenvalue weighted by atomic mass is 10.2. The molecule has 0 aromatic carbocycles. The SMILES string of the molecule is CCOC(=O)N1CC(O[Si](C(C)C)(C(C)C)C(C)C)=C[C@H](CO)N1C(=O)OCC. The number of aliphatic hydroxyl groups is 1. The first kappa shape index (κ1) is 25.3. The minimum absolute atomic E-state index is 0.0507. The Hall–Kier alpha value is -1.74. The Kier molecular flexibility index (Phi) is 9.48. The van der Waals surface area contributed by atoms with Gasteiger partial charge >= 0.3 is 12.2 Å². The average Bonchev–Trinajstić information content (AvgIpc) is 2.64. The van der Waals surface area contributed by atoms with Gasteiger partial charge in [0.1, 0.15) is 12.6 Å². The fourth-order valence-electron chi connectivity index (χ4n) is 4.29. The predicted octanol–water partition coefficient (Wildman–Crippen LogP) is 4.27. The van der Waals surface area contributed by atoms with Gasteiger partial charge in [-0.15, -0.1) is 0 Å². The number of hydrogen-bond donors (Lipinski definition) is 1. The molecule has 0 radical (unpaired) electrons. The number of carbonyl (C=O) groups is 2. The lowest BCUT2D eigenvalue weighted by Crippen LogP contribution is -2.59. The van der Waals surface area contributed by atoms with Crippen LogP contribution in [0.15, 0.2) is 11.8 Å². The summed E-state index contributed by atoms with van der Waals surface area (Å²) in [5, 5.41) is 12.2. The summed E-state index contributed by atoms with van der Waals surface area (Å²) in [6.07, 6.45) is 0.329. The molecule has 9 heteroatoms. The van der Waals surface area contributed by atoms with Crippen LogP contribution in [0.25, 0.3) is 0 Å². The third-order valence-corrected chi connectivity index (χ3v) is 11.4. The number of nitrogens with zero attached hydrogens (tertiary/aromatic N) is 2. The standard InChI is InChI=1S/C20H38N2O6Si/c1-9-26-19(24)21-12-18(11-17(13-23)22(21)20(25)27-10-2)28-29(14(3)4,15(5)6)16(7)8/h11,14-17,23H,9-10,12-13H2,1-8H3/t17-/m1/s1. The van der Waals surface area contributed by atoms with Gasteiger partial charge in [0.25, 0.3) is 8.32 Å². The van der Waals surface area contributed by atoms with E-state index < -0.39 is 26.5 Å². The molecule has 0 fully saturated rings. The molecule has 0 aromatic heterocycles. The summed E-state index contributed by atoms with van der Waals surface area (Å²) in [6, 6.07) is -0.777. The molecule has 8 nitrogen and oxygen atoms in total. The van der Waals surface area contributed by atoms with E-state index in [9.17, 15) is 14.7 Å². The molecular formula is C20H38N2O6Si. The second-order valence-electron chi connectivity index (χ2n) is 8.10. The Morgan fingerprint density at radius 1 is 1.03 bits per heavy atom. The highest BCUT2D eigenvalue weighted by Gasteiger charge is 2.49. The number of ether oxygens (including phenoxy) is 2. The second kappa shape index (κ2) is 10.9. The molecule has 1 N–H and O–H groups in total. The Morgan fingerprint density at radius 2 is 1.52 bits per heavy atom. The summed E-state index contributed by atoms with van der Waals surface area (Å²) >= 11 is 0. The third-order valence-electron chi connectivity index (χ3n) is 5.39. The number of amides is 2. The van der Waals surface area contributed by atoms with Gasteiger partial charge in [-0.2, -0.15) is 0 Å². The maximum absolute atomic E-state index is 12.6. The van der Waals surface area contributed by atoms with Crippen molar-refractivity contribution in [3.8, 4) is 0 Å². The summed E-state index contributed by atoms with van der Waals surface area (Å²) in [5.74, 6) is 0.584. The van der Waals surface area contributed by atoms with E-state index in [2.05, 4.69) is 41.5 Å². The molecule has 0 bridgehead atoms. The Morgan fingerprint density at radius 3 is 1.93 bits per heavy atom. The Balaban J connectivity index is 3.37. The molecule has 2 amide bonds. The number of hydrogen-bond acceptors (Lipinski definition) is 6. The molecule has 29 heavy (non-hydrogen) atoms. The zero-order chi connectivity index (χ0) is 22.4. The fourth-order valence-corrected chi connectivity index (χ4v) is 9.59. The molecule has 0 aliphatic carbocycles. The average molecular weight is 431 g/mol. The molecule has 1 rings (SSSR count). The van der Waals surface area contributed by atoms with Crippen LogP contribution in [0.3, 0.4) is 0 Å². The summed E-state index contributed by atoms with van der Waals surface area (Å²) in [5.41, 5.74) is 1.03. The topological polar surface area (TPSA) is 88.5 Å². The van der Waals surface area contributed by atoms with Crippen molar-refractivity contribution < 1.29 is 28.6 Å². The molecule has 0 spiro atoms. The first-order valence-electron chi connectivity index (χ1n) is 10.5. The van der Waals surface area contributed by atoms with Gasteiger partial charge in [-0.3, -0.25) is 0 Å². The van der Waals surface area contributed by atoms with Gasteiger partial charge in [-0.25, -0.2) is 19.6 Å². The number of rotatable bonds is 8. The van der Waals surface area contributed by atoms with Crippen LogP contribution in [0.5, 0.6) is 0 Å². The minimum Gasteiger partial charge on any atom is -0.544 e. The molecule has 0 aromatic rings. The Bertz CT molecular complexity index is 572. The van der Waals surface area contributed by atoms with E-state index in [1.807, 2.05) is 0 Å². The van der Waals surface area contributed by atoms with Crippen LogP contribution < -0.4 is 0 Å². The third kappa shape index (κ3) is 5.45. The number of carbonyl (C=O) groups excluding carboxylic acids is 2. The van der Waals surface area contributed by atoms with Crippen molar-refractivity contribution in [2.75, 3.05) is 26.4 Å². The lowest BCUT2D eigenvalue weighted by Gasteiger charge is -2.46. The van der Waals surface area contributed by atoms with Gasteiger partial charge < -0.3 is 19.0 Å². The molecule has 1 heterocycles. The summed E-state index contributed by atoms with van der Waals surface area (Å²) in [6.45, 7) is 16.4. The van der Waals surface area contributed by atoms with Crippen molar-refractivity contribution in [1.29, 1.82) is 0 Å². The zero-order valence-corrected chi connectivity index (χ0v) is 20.1. The normalized spacial score (nSPS) is 17.7. The highest BCUT2D eigenvalue weighted by atomic mass is 28.4. The van der Waals surface area contributed by atoms with E-state index in [1.54, 1.807) is 19.9 Å². The van der Waals surface area contributed by atoms with Crippen LogP contribution in [0.4, 0.5) is 9.59 Å². The van der Waals surface area contributed by atoms with Gasteiger partial charge in [-0.1, -0.05) is 41.5 Å². The first-order chi connectivity index (χ1) is 13.6. The van der Waals surface area contributed by atoms with Gasteiger partial charge in [0, 0.05) is 0 Å². The van der Waals surface area contributed by atoms with E-state index >= 15 is 0 Å². The van der Waals surface area contributed by atoms with E-state index in [4.69, 9.17) is 13.9 Å². The Labute approximate surface area is 175 Å². The summed E-state index contributed by atoms with van der Waals surface area (Å²) in [7, 11) is -2.27. The highest BCUT2D eigenvalue weighted by molar-refractivity contribution is 6.77. The van der Waals surface area contributed by atoms with E-state index in [0.29, 0.717) is 22.4 Å². The number of hydrazine groups is 1. The van der Waals surface area contributed by atoms with Crippen LogP contribution >= 0.6 is 0 Å². The van der Waals surface area contributed by atoms with Crippen molar-refractivity contribution in [2.24, 2.45) is 0 Å². The van der Waals surface area contributed by atoms with Crippen molar-refractivity contribution >= 4 is 20.5 Å². The van der Waals surface area contributed by atoms with Crippen LogP contribution in [-0.4, -0.2) is 68.0 Å². The summed E-state index contributed by atoms with van der Waals surface area (Å²) in [4.78, 5) is 25.1. The van der Waals surface area contributed by atoms with Crippen LogP contribution in [0.2, 0.25) is 16.6 Å². The molecule has 168 valence electrons. The van der Waals surface area contributed by atoms with Crippen molar-refractivity contribution in [3.05, 3.63) is 11.8 Å². The molecular weight excluding hydrogens is 392 g/mol. The molecule has 1 aliphatic heterocycles. The zero-order valence-electron chi connectivity index (χ0n) is 19.1. The van der Waals surface area contributed by atoms with Crippen LogP contribution in [0, 0.1) is 0 Å². The highest BCUT2D eigenvalue weighted by Crippen LogP contribution is 2.44. The predicted molar refractivity (Wildman–Crippen MR) is 114 cm³/mol. The number of aliphatic hydroxyl groups excluding tert-OH is 1. The van der Waals surface area contributed by atoms with E-state index in [-0.39, 0.29) is 26.4 Å². The smallest absolute Gasteiger partial charge is 0.429 e. The lowest BCUT2D eigenvalue weighted by molar-refractivity contribution is -0.0510. The molecule has 0 unspecified atom stereocenters. The fraction of sp³-hybridized carbons (Fsp3) is 0.800. The molecule has 1 atom stereocenters. The van der Waals surface area contributed by atoms with Crippen molar-refractivity contribution in [1.82, 2.24) is 10.0 Å². The van der Waals surface area contributed by atoms with Crippen LogP contribution in [-0.2, 0) is 13.9 Å². The second-order valence-corrected chi connectivity index (χ2v) is 13.5. The maximum atomic E-state index is 12.6. The largest absolute Gasteiger partial charge is 0.544 e. The maximum Gasteiger partial charge on any atom is 0.429 e. The molecule has 0 saturated carbocycles. The van der Waals surface area contributed by atoms with Crippen molar-refractivity contribution in [3.63, 3.8) is 0 Å². The van der Waals surface area contributed by atoms with E-state index in [1.165, 1.54) is 0 Å². The van der Waals surface area contributed by atoms with E-state index in [0.717, 1.165) is 10.0 Å². The quantitative estimate of drug-likeness (QED) is 0.579. The monoisotopic (exact) mass is 430 g/mol. The first-order valence-corrected chi connectivity index (χ1v) is 12.6. The van der Waals surface area contributed by atoms with Gasteiger partial charge in [-0.05, 0) is 36.5 Å². The van der Waals surface area contributed by atoms with Gasteiger partial charge in [0.2, 0.25) is 0 Å². The van der Waals surface area contributed by atoms with Crippen molar-refractivity contribution in [2.45, 2.75) is 78.1 Å². The molecule has 0 saturated heterocycles. The minimum atomic E-state index is -2.27. The summed E-state index contributed by atoms with van der Waals surface area (Å²) < 4.78 is 16.9. The van der Waals surface area contributed by atoms with Gasteiger partial charge in [0.05, 0.1) is 25.6 Å². The molecule has 1 aliphatic rings. The van der Waals surface area contributed by atoms with Gasteiger partial charge in [0.15, 0.2) is 0 Å². The van der Waals surface area contributed by atoms with Crippen LogP contribution in [0.1, 0.15) is 55.4 Å².